The lowest BCUT2D eigenvalue weighted by Gasteiger charge is -2.37. The van der Waals surface area contributed by atoms with Crippen LogP contribution in [0.15, 0.2) is 48.8 Å². The highest BCUT2D eigenvalue weighted by Gasteiger charge is 2.28. The van der Waals surface area contributed by atoms with Crippen LogP contribution in [0.4, 0.5) is 4.39 Å². The molecule has 0 radical (unpaired) electrons. The van der Waals surface area contributed by atoms with Crippen molar-refractivity contribution in [2.24, 2.45) is 0 Å². The molecule has 4 rings (SSSR count). The van der Waals surface area contributed by atoms with Crippen molar-refractivity contribution in [3.63, 3.8) is 0 Å². The van der Waals surface area contributed by atoms with Crippen molar-refractivity contribution in [1.29, 1.82) is 0 Å². The fourth-order valence-corrected chi connectivity index (χ4v) is 4.23. The van der Waals surface area contributed by atoms with Gasteiger partial charge in [-0.1, -0.05) is 30.3 Å². The Morgan fingerprint density at radius 3 is 2.31 bits per heavy atom. The number of benzene rings is 1. The van der Waals surface area contributed by atoms with Crippen LogP contribution in [-0.4, -0.2) is 59.1 Å². The van der Waals surface area contributed by atoms with E-state index in [9.17, 15) is 9.18 Å². The summed E-state index contributed by atoms with van der Waals surface area (Å²) < 4.78 is 20.2. The minimum atomic E-state index is -0.557. The predicted molar refractivity (Wildman–Crippen MR) is 109 cm³/mol. The number of carbonyl (C=O) groups is 1. The zero-order valence-corrected chi connectivity index (χ0v) is 16.7. The number of pyridine rings is 1. The zero-order chi connectivity index (χ0) is 20.1. The van der Waals surface area contributed by atoms with Gasteiger partial charge in [0.05, 0.1) is 24.0 Å². The minimum absolute atomic E-state index is 0.102. The average molecular weight is 397 g/mol. The van der Waals surface area contributed by atoms with Crippen molar-refractivity contribution in [3.05, 3.63) is 65.7 Å². The Morgan fingerprint density at radius 2 is 1.66 bits per heavy atom. The fraction of sp³-hybridized carbons (Fsp3) is 0.478. The Labute approximate surface area is 171 Å². The second-order valence-corrected chi connectivity index (χ2v) is 7.94. The highest BCUT2D eigenvalue weighted by Crippen LogP contribution is 2.23. The lowest BCUT2D eigenvalue weighted by atomic mass is 10.0. The topological polar surface area (TPSA) is 45.7 Å². The number of hydrogen-bond donors (Lipinski definition) is 0. The predicted octanol–water partition coefficient (Wildman–Crippen LogP) is 3.51. The largest absolute Gasteiger partial charge is 0.375 e. The Balaban J connectivity index is 1.20. The monoisotopic (exact) mass is 397 g/mol. The van der Waals surface area contributed by atoms with Crippen molar-refractivity contribution < 1.29 is 13.9 Å². The Morgan fingerprint density at radius 1 is 1.00 bits per heavy atom. The minimum Gasteiger partial charge on any atom is -0.375 e. The number of aromatic nitrogens is 1. The molecule has 1 aromatic carbocycles. The molecular formula is C23H28FN3O2. The molecule has 0 unspecified atom stereocenters. The number of halogens is 1. The summed E-state index contributed by atoms with van der Waals surface area (Å²) in [6.07, 6.45) is 6.75. The first kappa shape index (κ1) is 20.0. The number of likely N-dealkylation sites (tertiary alicyclic amines) is 2. The van der Waals surface area contributed by atoms with Gasteiger partial charge < -0.3 is 9.64 Å². The molecule has 2 fully saturated rings. The van der Waals surface area contributed by atoms with Crippen LogP contribution in [-0.2, 0) is 11.3 Å². The van der Waals surface area contributed by atoms with E-state index < -0.39 is 5.82 Å². The molecule has 0 atom stereocenters. The third-order valence-electron chi connectivity index (χ3n) is 5.90. The van der Waals surface area contributed by atoms with E-state index in [2.05, 4.69) is 40.2 Å². The number of piperidine rings is 2. The Kier molecular flexibility index (Phi) is 6.52. The van der Waals surface area contributed by atoms with Gasteiger partial charge in [0, 0.05) is 38.9 Å². The summed E-state index contributed by atoms with van der Waals surface area (Å²) >= 11 is 0. The molecule has 5 nitrogen and oxygen atoms in total. The van der Waals surface area contributed by atoms with Crippen molar-refractivity contribution >= 4 is 5.91 Å². The maximum absolute atomic E-state index is 13.8. The van der Waals surface area contributed by atoms with E-state index in [-0.39, 0.29) is 17.6 Å². The lowest BCUT2D eigenvalue weighted by molar-refractivity contribution is -0.0629. The van der Waals surface area contributed by atoms with Crippen LogP contribution < -0.4 is 0 Å². The SMILES string of the molecule is O=C(c1ccncc1F)N1CCC(OC2CCN(Cc3ccccc3)CC2)CC1. The summed E-state index contributed by atoms with van der Waals surface area (Å²) in [6.45, 7) is 4.33. The molecule has 29 heavy (non-hydrogen) atoms. The van der Waals surface area contributed by atoms with Crippen molar-refractivity contribution in [1.82, 2.24) is 14.8 Å². The van der Waals surface area contributed by atoms with E-state index >= 15 is 0 Å². The van der Waals surface area contributed by atoms with Crippen LogP contribution in [0, 0.1) is 5.82 Å². The highest BCUT2D eigenvalue weighted by atomic mass is 19.1. The van der Waals surface area contributed by atoms with Gasteiger partial charge >= 0.3 is 0 Å². The maximum Gasteiger partial charge on any atom is 0.256 e. The van der Waals surface area contributed by atoms with Crippen molar-refractivity contribution in [2.45, 2.75) is 44.4 Å². The van der Waals surface area contributed by atoms with Gasteiger partial charge in [0.25, 0.3) is 5.91 Å². The fourth-order valence-electron chi connectivity index (χ4n) is 4.23. The van der Waals surface area contributed by atoms with Crippen LogP contribution in [0.2, 0.25) is 0 Å². The first-order chi connectivity index (χ1) is 14.2. The molecule has 6 heteroatoms. The molecule has 154 valence electrons. The molecule has 2 saturated heterocycles. The van der Waals surface area contributed by atoms with Gasteiger partial charge in [-0.3, -0.25) is 14.7 Å². The second kappa shape index (κ2) is 9.46. The van der Waals surface area contributed by atoms with E-state index in [4.69, 9.17) is 4.74 Å². The first-order valence-corrected chi connectivity index (χ1v) is 10.5. The lowest BCUT2D eigenvalue weighted by Crippen LogP contribution is -2.43. The maximum atomic E-state index is 13.8. The normalized spacial score (nSPS) is 19.4. The standard InChI is InChI=1S/C23H28FN3O2/c24-22-16-25-11-6-21(22)23(28)27-14-9-20(10-15-27)29-19-7-12-26(13-8-19)17-18-4-2-1-3-5-18/h1-6,11,16,19-20H,7-10,12-15,17H2. The summed E-state index contributed by atoms with van der Waals surface area (Å²) in [4.78, 5) is 20.4. The smallest absolute Gasteiger partial charge is 0.256 e. The quantitative estimate of drug-likeness (QED) is 0.775. The molecule has 0 saturated carbocycles. The van der Waals surface area contributed by atoms with Crippen LogP contribution in [0.3, 0.4) is 0 Å². The van der Waals surface area contributed by atoms with Crippen molar-refractivity contribution in [3.8, 4) is 0 Å². The van der Waals surface area contributed by atoms with E-state index in [0.717, 1.165) is 51.5 Å². The van der Waals surface area contributed by atoms with E-state index in [0.29, 0.717) is 19.2 Å². The summed E-state index contributed by atoms with van der Waals surface area (Å²) in [5, 5.41) is 0. The van der Waals surface area contributed by atoms with Gasteiger partial charge in [-0.25, -0.2) is 4.39 Å². The molecule has 2 aliphatic rings. The van der Waals surface area contributed by atoms with Gasteiger partial charge in [-0.15, -0.1) is 0 Å². The van der Waals surface area contributed by atoms with E-state index in [1.54, 1.807) is 4.90 Å². The summed E-state index contributed by atoms with van der Waals surface area (Å²) in [5.74, 6) is -0.810. The van der Waals surface area contributed by atoms with Gasteiger partial charge in [-0.2, -0.15) is 0 Å². The number of carbonyl (C=O) groups excluding carboxylic acids is 1. The molecule has 0 aliphatic carbocycles. The highest BCUT2D eigenvalue weighted by molar-refractivity contribution is 5.94. The average Bonchev–Trinajstić information content (AvgIpc) is 2.76. The molecule has 0 spiro atoms. The van der Waals surface area contributed by atoms with Crippen molar-refractivity contribution in [2.75, 3.05) is 26.2 Å². The van der Waals surface area contributed by atoms with Gasteiger partial charge in [-0.05, 0) is 37.3 Å². The molecule has 0 N–H and O–H groups in total. The number of amides is 1. The summed E-state index contributed by atoms with van der Waals surface area (Å²) in [7, 11) is 0. The molecule has 1 aromatic heterocycles. The molecular weight excluding hydrogens is 369 g/mol. The van der Waals surface area contributed by atoms with Crippen LogP contribution >= 0.6 is 0 Å². The molecule has 2 aromatic rings. The number of hydrogen-bond acceptors (Lipinski definition) is 4. The van der Waals surface area contributed by atoms with E-state index in [1.807, 2.05) is 0 Å². The number of nitrogens with zero attached hydrogens (tertiary/aromatic N) is 3. The summed E-state index contributed by atoms with van der Waals surface area (Å²) in [6, 6.07) is 12.0. The van der Waals surface area contributed by atoms with Crippen LogP contribution in [0.25, 0.3) is 0 Å². The van der Waals surface area contributed by atoms with Crippen LogP contribution in [0.1, 0.15) is 41.6 Å². The number of rotatable bonds is 5. The third-order valence-corrected chi connectivity index (χ3v) is 5.90. The van der Waals surface area contributed by atoms with Gasteiger partial charge in [0.2, 0.25) is 0 Å². The number of ether oxygens (including phenoxy) is 1. The Bertz CT molecular complexity index is 801. The van der Waals surface area contributed by atoms with E-state index in [1.165, 1.54) is 17.8 Å². The second-order valence-electron chi connectivity index (χ2n) is 7.94. The Hall–Kier alpha value is -2.31. The van der Waals surface area contributed by atoms with Crippen LogP contribution in [0.5, 0.6) is 0 Å². The molecule has 3 heterocycles. The summed E-state index contributed by atoms with van der Waals surface area (Å²) in [5.41, 5.74) is 1.46. The zero-order valence-electron chi connectivity index (χ0n) is 16.7. The first-order valence-electron chi connectivity index (χ1n) is 10.5. The van der Waals surface area contributed by atoms with Gasteiger partial charge in [0.15, 0.2) is 5.82 Å². The third kappa shape index (κ3) is 5.19. The molecule has 0 bridgehead atoms. The molecule has 2 aliphatic heterocycles. The molecule has 1 amide bonds. The van der Waals surface area contributed by atoms with Gasteiger partial charge in [0.1, 0.15) is 0 Å².